The van der Waals surface area contributed by atoms with Crippen LogP contribution in [0.1, 0.15) is 17.7 Å². The van der Waals surface area contributed by atoms with Crippen LogP contribution in [0.15, 0.2) is 17.5 Å². The highest BCUT2D eigenvalue weighted by molar-refractivity contribution is 7.09. The van der Waals surface area contributed by atoms with Crippen molar-refractivity contribution in [3.8, 4) is 0 Å². The summed E-state index contributed by atoms with van der Waals surface area (Å²) in [7, 11) is 0. The topological polar surface area (TPSA) is 69.6 Å². The van der Waals surface area contributed by atoms with Crippen LogP contribution >= 0.6 is 11.3 Å². The van der Waals surface area contributed by atoms with E-state index in [1.54, 1.807) is 11.3 Å². The monoisotopic (exact) mass is 254 g/mol. The average Bonchev–Trinajstić information content (AvgIpc) is 2.96. The minimum atomic E-state index is -0.922. The van der Waals surface area contributed by atoms with E-state index in [9.17, 15) is 9.59 Å². The Morgan fingerprint density at radius 1 is 1.59 bits per heavy atom. The summed E-state index contributed by atoms with van der Waals surface area (Å²) in [5.41, 5.74) is 0. The van der Waals surface area contributed by atoms with Gasteiger partial charge >= 0.3 is 12.0 Å². The molecule has 0 radical (unpaired) electrons. The number of nitrogens with zero attached hydrogens (tertiary/aromatic N) is 1. The molecular formula is C11H14N2O3S. The SMILES string of the molecule is O=C(O)C1CCCN1C(=O)NCc1cccs1. The first kappa shape index (κ1) is 11.9. The van der Waals surface area contributed by atoms with E-state index >= 15 is 0 Å². The van der Waals surface area contributed by atoms with Crippen LogP contribution in [0.4, 0.5) is 4.79 Å². The standard InChI is InChI=1S/C11H14N2O3S/c14-10(15)9-4-1-5-13(9)11(16)12-7-8-3-2-6-17-8/h2-3,6,9H,1,4-5,7H2,(H,12,16)(H,14,15). The lowest BCUT2D eigenvalue weighted by Gasteiger charge is -2.21. The van der Waals surface area contributed by atoms with Crippen LogP contribution in [-0.2, 0) is 11.3 Å². The molecule has 1 saturated heterocycles. The second-order valence-corrected chi connectivity index (χ2v) is 4.96. The third kappa shape index (κ3) is 2.76. The van der Waals surface area contributed by atoms with Gasteiger partial charge in [-0.05, 0) is 24.3 Å². The lowest BCUT2D eigenvalue weighted by Crippen LogP contribution is -2.45. The maximum Gasteiger partial charge on any atom is 0.326 e. The first-order valence-electron chi connectivity index (χ1n) is 5.48. The number of rotatable bonds is 3. The Balaban J connectivity index is 1.89. The summed E-state index contributed by atoms with van der Waals surface area (Å²) in [6.45, 7) is 0.979. The van der Waals surface area contributed by atoms with Crippen LogP contribution in [0.5, 0.6) is 0 Å². The summed E-state index contributed by atoms with van der Waals surface area (Å²) in [6, 6.07) is 2.90. The van der Waals surface area contributed by atoms with Crippen molar-refractivity contribution in [2.24, 2.45) is 0 Å². The molecule has 1 aromatic heterocycles. The molecule has 2 amide bonds. The normalized spacial score (nSPS) is 19.3. The molecule has 6 heteroatoms. The van der Waals surface area contributed by atoms with Crippen LogP contribution in [0.3, 0.4) is 0 Å². The van der Waals surface area contributed by atoms with E-state index in [4.69, 9.17) is 5.11 Å². The van der Waals surface area contributed by atoms with E-state index in [2.05, 4.69) is 5.32 Å². The van der Waals surface area contributed by atoms with Crippen LogP contribution < -0.4 is 5.32 Å². The van der Waals surface area contributed by atoms with Gasteiger partial charge in [0.2, 0.25) is 0 Å². The molecule has 0 aromatic carbocycles. The van der Waals surface area contributed by atoms with Gasteiger partial charge in [0.15, 0.2) is 0 Å². The van der Waals surface area contributed by atoms with Crippen LogP contribution in [-0.4, -0.2) is 34.6 Å². The zero-order chi connectivity index (χ0) is 12.3. The Kier molecular flexibility index (Phi) is 3.63. The number of carbonyl (C=O) groups is 2. The third-order valence-corrected chi connectivity index (χ3v) is 3.67. The van der Waals surface area contributed by atoms with Crippen molar-refractivity contribution in [2.45, 2.75) is 25.4 Å². The lowest BCUT2D eigenvalue weighted by atomic mass is 10.2. The number of aliphatic carboxylic acids is 1. The number of likely N-dealkylation sites (tertiary alicyclic amines) is 1. The number of nitrogens with one attached hydrogen (secondary N) is 1. The molecule has 1 aromatic rings. The van der Waals surface area contributed by atoms with Crippen LogP contribution in [0, 0.1) is 0 Å². The first-order valence-corrected chi connectivity index (χ1v) is 6.36. The highest BCUT2D eigenvalue weighted by Gasteiger charge is 2.33. The molecule has 2 heterocycles. The fraction of sp³-hybridized carbons (Fsp3) is 0.455. The number of amides is 2. The van der Waals surface area contributed by atoms with Crippen molar-refractivity contribution >= 4 is 23.3 Å². The van der Waals surface area contributed by atoms with Crippen molar-refractivity contribution < 1.29 is 14.7 Å². The molecule has 2 N–H and O–H groups in total. The molecular weight excluding hydrogens is 240 g/mol. The summed E-state index contributed by atoms with van der Waals surface area (Å²) < 4.78 is 0. The summed E-state index contributed by atoms with van der Waals surface area (Å²) >= 11 is 1.56. The van der Waals surface area contributed by atoms with Crippen LogP contribution in [0.2, 0.25) is 0 Å². The third-order valence-electron chi connectivity index (χ3n) is 2.79. The Morgan fingerprint density at radius 3 is 3.06 bits per heavy atom. The Hall–Kier alpha value is -1.56. The Morgan fingerprint density at radius 2 is 2.41 bits per heavy atom. The molecule has 1 aliphatic heterocycles. The number of carboxylic acids is 1. The van der Waals surface area contributed by atoms with Gasteiger partial charge in [0.05, 0.1) is 6.54 Å². The zero-order valence-electron chi connectivity index (χ0n) is 9.26. The molecule has 2 rings (SSSR count). The fourth-order valence-electron chi connectivity index (χ4n) is 1.94. The molecule has 92 valence electrons. The number of urea groups is 1. The van der Waals surface area contributed by atoms with Gasteiger partial charge in [0.25, 0.3) is 0 Å². The Bertz CT molecular complexity index is 405. The van der Waals surface area contributed by atoms with Gasteiger partial charge in [-0.25, -0.2) is 9.59 Å². The molecule has 0 spiro atoms. The van der Waals surface area contributed by atoms with Gasteiger partial charge in [-0.15, -0.1) is 11.3 Å². The zero-order valence-corrected chi connectivity index (χ0v) is 10.1. The number of carboxylic acid groups (broad SMARTS) is 1. The molecule has 17 heavy (non-hydrogen) atoms. The van der Waals surface area contributed by atoms with Crippen LogP contribution in [0.25, 0.3) is 0 Å². The van der Waals surface area contributed by atoms with E-state index in [1.165, 1.54) is 4.90 Å². The smallest absolute Gasteiger partial charge is 0.326 e. The van der Waals surface area contributed by atoms with E-state index in [-0.39, 0.29) is 6.03 Å². The molecule has 1 unspecified atom stereocenters. The maximum absolute atomic E-state index is 11.8. The number of hydrogen-bond donors (Lipinski definition) is 2. The summed E-state index contributed by atoms with van der Waals surface area (Å²) in [4.78, 5) is 25.2. The van der Waals surface area contributed by atoms with E-state index in [0.29, 0.717) is 19.5 Å². The number of carbonyl (C=O) groups excluding carboxylic acids is 1. The molecule has 0 aliphatic carbocycles. The predicted molar refractivity (Wildman–Crippen MR) is 63.9 cm³/mol. The Labute approximate surface area is 103 Å². The highest BCUT2D eigenvalue weighted by atomic mass is 32.1. The van der Waals surface area contributed by atoms with E-state index < -0.39 is 12.0 Å². The van der Waals surface area contributed by atoms with Gasteiger partial charge in [0.1, 0.15) is 6.04 Å². The van der Waals surface area contributed by atoms with Gasteiger partial charge in [-0.1, -0.05) is 6.07 Å². The van der Waals surface area contributed by atoms with Gasteiger partial charge in [0, 0.05) is 11.4 Å². The summed E-state index contributed by atoms with van der Waals surface area (Å²) in [5, 5.41) is 13.7. The highest BCUT2D eigenvalue weighted by Crippen LogP contribution is 2.17. The number of hydrogen-bond acceptors (Lipinski definition) is 3. The first-order chi connectivity index (χ1) is 8.18. The van der Waals surface area contributed by atoms with Gasteiger partial charge < -0.3 is 15.3 Å². The van der Waals surface area contributed by atoms with Gasteiger partial charge in [-0.2, -0.15) is 0 Å². The molecule has 1 aliphatic rings. The average molecular weight is 254 g/mol. The minimum absolute atomic E-state index is 0.289. The van der Waals surface area contributed by atoms with E-state index in [1.807, 2.05) is 17.5 Å². The maximum atomic E-state index is 11.8. The summed E-state index contributed by atoms with van der Waals surface area (Å²) in [5.74, 6) is -0.922. The second-order valence-electron chi connectivity index (χ2n) is 3.93. The molecule has 1 fully saturated rings. The van der Waals surface area contributed by atoms with Gasteiger partial charge in [-0.3, -0.25) is 0 Å². The molecule has 1 atom stereocenters. The predicted octanol–water partition coefficient (Wildman–Crippen LogP) is 1.51. The largest absolute Gasteiger partial charge is 0.480 e. The lowest BCUT2D eigenvalue weighted by molar-refractivity contribution is -0.141. The number of thiophene rings is 1. The fourth-order valence-corrected chi connectivity index (χ4v) is 2.59. The second kappa shape index (κ2) is 5.18. The van der Waals surface area contributed by atoms with Crippen molar-refractivity contribution in [3.05, 3.63) is 22.4 Å². The van der Waals surface area contributed by atoms with Crippen molar-refractivity contribution in [1.29, 1.82) is 0 Å². The molecule has 0 bridgehead atoms. The van der Waals surface area contributed by atoms with Crippen molar-refractivity contribution in [3.63, 3.8) is 0 Å². The van der Waals surface area contributed by atoms with Crippen molar-refractivity contribution in [2.75, 3.05) is 6.54 Å². The molecule has 5 nitrogen and oxygen atoms in total. The summed E-state index contributed by atoms with van der Waals surface area (Å²) in [6.07, 6.45) is 1.30. The quantitative estimate of drug-likeness (QED) is 0.859. The van der Waals surface area contributed by atoms with E-state index in [0.717, 1.165) is 11.3 Å². The minimum Gasteiger partial charge on any atom is -0.480 e. The van der Waals surface area contributed by atoms with Crippen molar-refractivity contribution in [1.82, 2.24) is 10.2 Å². The molecule has 0 saturated carbocycles.